The average Bonchev–Trinajstić information content (AvgIpc) is 3.44. The fourth-order valence-corrected chi connectivity index (χ4v) is 7.07. The Kier molecular flexibility index (Phi) is 6.03. The van der Waals surface area contributed by atoms with Gasteiger partial charge in [0.2, 0.25) is 5.28 Å². The Bertz CT molecular complexity index is 2260. The van der Waals surface area contributed by atoms with Crippen LogP contribution in [0.3, 0.4) is 0 Å². The van der Waals surface area contributed by atoms with E-state index in [1.807, 2.05) is 41.7 Å². The highest BCUT2D eigenvalue weighted by Gasteiger charge is 2.17. The summed E-state index contributed by atoms with van der Waals surface area (Å²) in [5, 5.41) is 5.06. The van der Waals surface area contributed by atoms with Gasteiger partial charge in [0.15, 0.2) is 11.6 Å². The lowest BCUT2D eigenvalue weighted by atomic mass is 9.94. The molecule has 0 aliphatic rings. The molecule has 0 aliphatic heterocycles. The molecule has 198 valence electrons. The molecule has 3 nitrogen and oxygen atoms in total. The molecule has 5 heteroatoms. The van der Waals surface area contributed by atoms with Crippen molar-refractivity contribution in [2.75, 3.05) is 0 Å². The Morgan fingerprint density at radius 1 is 0.476 bits per heavy atom. The number of benzene rings is 6. The van der Waals surface area contributed by atoms with E-state index in [0.717, 1.165) is 11.1 Å². The summed E-state index contributed by atoms with van der Waals surface area (Å²) in [6.07, 6.45) is 0. The van der Waals surface area contributed by atoms with Gasteiger partial charge in [-0.15, -0.1) is 11.3 Å². The lowest BCUT2D eigenvalue weighted by molar-refractivity contribution is 1.07. The molecule has 0 fully saturated rings. The molecule has 0 atom stereocenters. The second-order valence-corrected chi connectivity index (χ2v) is 11.6. The third-order valence-corrected chi connectivity index (χ3v) is 9.01. The van der Waals surface area contributed by atoms with E-state index in [0.29, 0.717) is 11.6 Å². The summed E-state index contributed by atoms with van der Waals surface area (Å²) in [5.74, 6) is 1.12. The van der Waals surface area contributed by atoms with Gasteiger partial charge < -0.3 is 0 Å². The summed E-state index contributed by atoms with van der Waals surface area (Å²) in [6.45, 7) is 0. The zero-order valence-electron chi connectivity index (χ0n) is 22.3. The Hall–Kier alpha value is -4.90. The number of hydrogen-bond donors (Lipinski definition) is 0. The molecule has 42 heavy (non-hydrogen) atoms. The third-order valence-electron chi connectivity index (χ3n) is 7.64. The first-order valence-corrected chi connectivity index (χ1v) is 14.9. The van der Waals surface area contributed by atoms with Crippen molar-refractivity contribution in [3.8, 4) is 45.0 Å². The molecule has 8 rings (SSSR count). The average molecular weight is 576 g/mol. The number of aromatic nitrogens is 3. The van der Waals surface area contributed by atoms with Gasteiger partial charge in [0, 0.05) is 36.9 Å². The van der Waals surface area contributed by atoms with Gasteiger partial charge in [-0.25, -0.2) is 4.98 Å². The van der Waals surface area contributed by atoms with Gasteiger partial charge in [0.25, 0.3) is 0 Å². The normalized spacial score (nSPS) is 11.5. The number of hydrogen-bond acceptors (Lipinski definition) is 4. The number of halogens is 1. The summed E-state index contributed by atoms with van der Waals surface area (Å²) < 4.78 is 2.48. The van der Waals surface area contributed by atoms with Crippen LogP contribution < -0.4 is 0 Å². The van der Waals surface area contributed by atoms with E-state index in [4.69, 9.17) is 16.6 Å². The van der Waals surface area contributed by atoms with Crippen LogP contribution in [-0.4, -0.2) is 15.0 Å². The van der Waals surface area contributed by atoms with Crippen LogP contribution >= 0.6 is 22.9 Å². The molecule has 0 amide bonds. The van der Waals surface area contributed by atoms with Crippen LogP contribution in [0.5, 0.6) is 0 Å². The minimum absolute atomic E-state index is 0.181. The fraction of sp³-hybridized carbons (Fsp3) is 0. The summed E-state index contributed by atoms with van der Waals surface area (Å²) in [4.78, 5) is 13.7. The molecule has 0 bridgehead atoms. The second-order valence-electron chi connectivity index (χ2n) is 10.2. The van der Waals surface area contributed by atoms with Crippen LogP contribution in [0.1, 0.15) is 0 Å². The molecule has 0 N–H and O–H groups in total. The van der Waals surface area contributed by atoms with Crippen LogP contribution in [0.25, 0.3) is 76.0 Å². The summed E-state index contributed by atoms with van der Waals surface area (Å²) in [6, 6.07) is 46.7. The Morgan fingerprint density at radius 2 is 1.14 bits per heavy atom. The SMILES string of the molecule is Clc1nc(-c2ccccc2)nc(-c2ccc3sc4c(-c5cccc(-c6ccccc6)c5)cc5ccccc5c4c3c2)n1. The minimum atomic E-state index is 0.181. The summed E-state index contributed by atoms with van der Waals surface area (Å²) in [5.41, 5.74) is 6.67. The monoisotopic (exact) mass is 575 g/mol. The molecule has 2 heterocycles. The maximum absolute atomic E-state index is 6.41. The van der Waals surface area contributed by atoms with Crippen LogP contribution in [0, 0.1) is 0 Å². The number of rotatable bonds is 4. The molecule has 0 spiro atoms. The molecule has 0 aliphatic carbocycles. The van der Waals surface area contributed by atoms with E-state index in [-0.39, 0.29) is 5.28 Å². The van der Waals surface area contributed by atoms with Gasteiger partial charge in [0.1, 0.15) is 0 Å². The topological polar surface area (TPSA) is 38.7 Å². The number of nitrogens with zero attached hydrogens (tertiary/aromatic N) is 3. The minimum Gasteiger partial charge on any atom is -0.208 e. The molecule has 6 aromatic carbocycles. The van der Waals surface area contributed by atoms with Crippen LogP contribution in [0.15, 0.2) is 133 Å². The predicted molar refractivity (Wildman–Crippen MR) is 177 cm³/mol. The van der Waals surface area contributed by atoms with Gasteiger partial charge in [-0.3, -0.25) is 0 Å². The third kappa shape index (κ3) is 4.33. The van der Waals surface area contributed by atoms with Crippen LogP contribution in [0.4, 0.5) is 0 Å². The van der Waals surface area contributed by atoms with Gasteiger partial charge in [-0.2, -0.15) is 9.97 Å². The van der Waals surface area contributed by atoms with Gasteiger partial charge >= 0.3 is 0 Å². The van der Waals surface area contributed by atoms with E-state index in [2.05, 4.69) is 113 Å². The molecular formula is C37H22ClN3S. The lowest BCUT2D eigenvalue weighted by Crippen LogP contribution is -1.97. The van der Waals surface area contributed by atoms with Crippen molar-refractivity contribution >= 4 is 53.9 Å². The Balaban J connectivity index is 1.35. The van der Waals surface area contributed by atoms with Crippen molar-refractivity contribution in [2.45, 2.75) is 0 Å². The van der Waals surface area contributed by atoms with E-state index in [9.17, 15) is 0 Å². The Morgan fingerprint density at radius 3 is 1.95 bits per heavy atom. The lowest BCUT2D eigenvalue weighted by Gasteiger charge is -2.10. The van der Waals surface area contributed by atoms with Crippen molar-refractivity contribution in [2.24, 2.45) is 0 Å². The zero-order valence-corrected chi connectivity index (χ0v) is 23.9. The maximum atomic E-state index is 6.41. The van der Waals surface area contributed by atoms with E-state index >= 15 is 0 Å². The highest BCUT2D eigenvalue weighted by atomic mass is 35.5. The molecule has 0 saturated carbocycles. The van der Waals surface area contributed by atoms with Crippen molar-refractivity contribution in [3.05, 3.63) is 139 Å². The molecular weight excluding hydrogens is 554 g/mol. The van der Waals surface area contributed by atoms with Gasteiger partial charge in [-0.1, -0.05) is 103 Å². The van der Waals surface area contributed by atoms with Crippen molar-refractivity contribution in [1.82, 2.24) is 15.0 Å². The first-order valence-electron chi connectivity index (χ1n) is 13.7. The molecule has 0 saturated heterocycles. The summed E-state index contributed by atoms with van der Waals surface area (Å²) in [7, 11) is 0. The van der Waals surface area contributed by atoms with Crippen LogP contribution in [-0.2, 0) is 0 Å². The van der Waals surface area contributed by atoms with Gasteiger partial charge in [0.05, 0.1) is 0 Å². The van der Waals surface area contributed by atoms with Crippen molar-refractivity contribution in [3.63, 3.8) is 0 Å². The predicted octanol–water partition coefficient (Wildman–Crippen LogP) is 10.7. The first-order chi connectivity index (χ1) is 20.7. The van der Waals surface area contributed by atoms with Crippen LogP contribution in [0.2, 0.25) is 5.28 Å². The fourth-order valence-electron chi connectivity index (χ4n) is 5.67. The smallest absolute Gasteiger partial charge is 0.208 e. The Labute approximate surface area is 251 Å². The van der Waals surface area contributed by atoms with Crippen molar-refractivity contribution in [1.29, 1.82) is 0 Å². The molecule has 0 unspecified atom stereocenters. The largest absolute Gasteiger partial charge is 0.226 e. The highest BCUT2D eigenvalue weighted by Crippen LogP contribution is 2.45. The van der Waals surface area contributed by atoms with E-state index in [1.54, 1.807) is 0 Å². The van der Waals surface area contributed by atoms with Crippen molar-refractivity contribution < 1.29 is 0 Å². The quantitative estimate of drug-likeness (QED) is 0.209. The number of thiophene rings is 1. The maximum Gasteiger partial charge on any atom is 0.226 e. The standard InChI is InChI=1S/C37H22ClN3S/c38-37-40-35(24-12-5-2-6-13-24)39-36(41-37)28-18-19-32-31(22-28)33-29-17-8-7-14-27(29)21-30(34(33)42-32)26-16-9-15-25(20-26)23-10-3-1-4-11-23/h1-22H. The first kappa shape index (κ1) is 24.9. The van der Waals surface area contributed by atoms with E-state index < -0.39 is 0 Å². The second kappa shape index (κ2) is 10.2. The number of fused-ring (bicyclic) bond motifs is 5. The molecule has 2 aromatic heterocycles. The van der Waals surface area contributed by atoms with Gasteiger partial charge in [-0.05, 0) is 69.4 Å². The summed E-state index contributed by atoms with van der Waals surface area (Å²) >= 11 is 8.23. The molecule has 0 radical (unpaired) electrons. The zero-order chi connectivity index (χ0) is 28.0. The van der Waals surface area contributed by atoms with E-state index in [1.165, 1.54) is 53.2 Å². The highest BCUT2D eigenvalue weighted by molar-refractivity contribution is 7.26. The molecule has 8 aromatic rings.